The summed E-state index contributed by atoms with van der Waals surface area (Å²) < 4.78 is 0. The predicted molar refractivity (Wildman–Crippen MR) is 56.7 cm³/mol. The predicted octanol–water partition coefficient (Wildman–Crippen LogP) is 0.492. The van der Waals surface area contributed by atoms with E-state index in [9.17, 15) is 0 Å². The highest BCUT2D eigenvalue weighted by Gasteiger charge is 2.22. The second kappa shape index (κ2) is 3.91. The lowest BCUT2D eigenvalue weighted by atomic mass is 10.3. The number of thiocarbonyl (C=S) groups is 1. The van der Waals surface area contributed by atoms with Gasteiger partial charge in [0.25, 0.3) is 0 Å². The molecule has 2 rings (SSSR count). The molecule has 1 aromatic heterocycles. The van der Waals surface area contributed by atoms with Crippen LogP contribution in [-0.2, 0) is 0 Å². The van der Waals surface area contributed by atoms with E-state index in [0.29, 0.717) is 11.2 Å². The molecule has 3 N–H and O–H groups in total. The maximum Gasteiger partial charge on any atom is 0.167 e. The molecule has 1 aliphatic rings. The van der Waals surface area contributed by atoms with Crippen LogP contribution in [0.2, 0.25) is 0 Å². The molecule has 0 aromatic carbocycles. The van der Waals surface area contributed by atoms with Crippen LogP contribution in [0, 0.1) is 0 Å². The molecule has 14 heavy (non-hydrogen) atoms. The average molecular weight is 211 g/mol. The largest absolute Gasteiger partial charge is 0.360 e. The quantitative estimate of drug-likeness (QED) is 0.635. The molecular weight excluding hydrogens is 198 g/mol. The van der Waals surface area contributed by atoms with E-state index in [1.165, 1.54) is 19.2 Å². The minimum atomic E-state index is 0.0660. The molecule has 1 unspecified atom stereocenters. The van der Waals surface area contributed by atoms with Gasteiger partial charge in [0, 0.05) is 6.04 Å². The Morgan fingerprint density at radius 3 is 3.07 bits per heavy atom. The summed E-state index contributed by atoms with van der Waals surface area (Å²) in [5.41, 5.74) is 0. The first-order valence-corrected chi connectivity index (χ1v) is 5.09. The molecule has 76 valence electrons. The molecule has 1 heterocycles. The zero-order valence-corrected chi connectivity index (χ0v) is 8.77. The molecule has 1 fully saturated rings. The molecule has 0 saturated heterocycles. The number of hydrogen-bond acceptors (Lipinski definition) is 3. The number of aromatic amines is 1. The number of aromatic nitrogens is 3. The fraction of sp³-hybridized carbons (Fsp3) is 0.625. The smallest absolute Gasteiger partial charge is 0.167 e. The monoisotopic (exact) mass is 211 g/mol. The molecule has 6 heteroatoms. The number of nitrogens with one attached hydrogen (secondary N) is 3. The third-order valence-electron chi connectivity index (χ3n) is 2.10. The highest BCUT2D eigenvalue weighted by Crippen LogP contribution is 2.18. The van der Waals surface area contributed by atoms with Crippen molar-refractivity contribution in [2.24, 2.45) is 0 Å². The van der Waals surface area contributed by atoms with E-state index in [2.05, 4.69) is 25.8 Å². The summed E-state index contributed by atoms with van der Waals surface area (Å²) in [5.74, 6) is 0.796. The van der Waals surface area contributed by atoms with Crippen LogP contribution in [0.3, 0.4) is 0 Å². The highest BCUT2D eigenvalue weighted by atomic mass is 32.1. The summed E-state index contributed by atoms with van der Waals surface area (Å²) in [6, 6.07) is 0.646. The minimum absolute atomic E-state index is 0.0660. The standard InChI is InChI=1S/C8H13N5S/c1-5(7-9-4-10-13-7)11-8(14)12-6-2-3-6/h4-6H,2-3H2,1H3,(H,9,10,13)(H2,11,12,14). The first-order valence-electron chi connectivity index (χ1n) is 4.68. The molecule has 1 aliphatic carbocycles. The van der Waals surface area contributed by atoms with Gasteiger partial charge in [-0.25, -0.2) is 4.98 Å². The molecule has 5 nitrogen and oxygen atoms in total. The van der Waals surface area contributed by atoms with Crippen molar-refractivity contribution in [1.29, 1.82) is 0 Å². The maximum atomic E-state index is 5.14. The number of hydrogen-bond donors (Lipinski definition) is 3. The Kier molecular flexibility index (Phi) is 2.62. The number of H-pyrrole nitrogens is 1. The second-order valence-corrected chi connectivity index (χ2v) is 3.89. The van der Waals surface area contributed by atoms with Gasteiger partial charge < -0.3 is 10.6 Å². The van der Waals surface area contributed by atoms with E-state index < -0.39 is 0 Å². The number of nitrogens with zero attached hydrogens (tertiary/aromatic N) is 2. The first-order chi connectivity index (χ1) is 6.75. The van der Waals surface area contributed by atoms with Gasteiger partial charge in [-0.05, 0) is 32.0 Å². The highest BCUT2D eigenvalue weighted by molar-refractivity contribution is 7.80. The van der Waals surface area contributed by atoms with Gasteiger partial charge in [-0.15, -0.1) is 0 Å². The van der Waals surface area contributed by atoms with Crippen LogP contribution in [0.4, 0.5) is 0 Å². The molecule has 0 radical (unpaired) electrons. The van der Waals surface area contributed by atoms with Crippen molar-refractivity contribution in [3.63, 3.8) is 0 Å². The lowest BCUT2D eigenvalue weighted by Gasteiger charge is -2.14. The Morgan fingerprint density at radius 2 is 2.50 bits per heavy atom. The fourth-order valence-electron chi connectivity index (χ4n) is 1.14. The Labute approximate surface area is 87.7 Å². The maximum absolute atomic E-state index is 5.14. The van der Waals surface area contributed by atoms with Crippen LogP contribution >= 0.6 is 12.2 Å². The summed E-state index contributed by atoms with van der Waals surface area (Å²) in [6.45, 7) is 1.99. The molecule has 1 saturated carbocycles. The molecular formula is C8H13N5S. The van der Waals surface area contributed by atoms with Gasteiger partial charge in [-0.3, -0.25) is 5.10 Å². The van der Waals surface area contributed by atoms with Crippen molar-refractivity contribution >= 4 is 17.3 Å². The summed E-state index contributed by atoms with van der Waals surface area (Å²) in [7, 11) is 0. The topological polar surface area (TPSA) is 65.6 Å². The van der Waals surface area contributed by atoms with Gasteiger partial charge in [0.05, 0.1) is 6.04 Å². The molecule has 1 aromatic rings. The van der Waals surface area contributed by atoms with Crippen molar-refractivity contribution in [2.75, 3.05) is 0 Å². The SMILES string of the molecule is CC(NC(=S)NC1CC1)c1ncn[nH]1. The van der Waals surface area contributed by atoms with Gasteiger partial charge in [-0.1, -0.05) is 0 Å². The van der Waals surface area contributed by atoms with Crippen molar-refractivity contribution in [3.05, 3.63) is 12.2 Å². The van der Waals surface area contributed by atoms with Crippen molar-refractivity contribution in [3.8, 4) is 0 Å². The van der Waals surface area contributed by atoms with E-state index in [4.69, 9.17) is 12.2 Å². The van der Waals surface area contributed by atoms with Gasteiger partial charge in [0.15, 0.2) is 5.11 Å². The van der Waals surface area contributed by atoms with Crippen molar-refractivity contribution in [2.45, 2.75) is 31.8 Å². The Morgan fingerprint density at radius 1 is 1.71 bits per heavy atom. The summed E-state index contributed by atoms with van der Waals surface area (Å²) in [4.78, 5) is 4.05. The van der Waals surface area contributed by atoms with Gasteiger partial charge >= 0.3 is 0 Å². The van der Waals surface area contributed by atoms with Gasteiger partial charge in [0.2, 0.25) is 0 Å². The zero-order valence-electron chi connectivity index (χ0n) is 7.95. The number of rotatable bonds is 3. The van der Waals surface area contributed by atoms with E-state index >= 15 is 0 Å². The van der Waals surface area contributed by atoms with Crippen LogP contribution in [-0.4, -0.2) is 26.3 Å². The van der Waals surface area contributed by atoms with E-state index in [0.717, 1.165) is 5.82 Å². The Bertz CT molecular complexity index is 306. The second-order valence-electron chi connectivity index (χ2n) is 3.48. The third-order valence-corrected chi connectivity index (χ3v) is 2.34. The van der Waals surface area contributed by atoms with Crippen LogP contribution < -0.4 is 10.6 Å². The summed E-state index contributed by atoms with van der Waals surface area (Å²) >= 11 is 5.14. The molecule has 0 amide bonds. The van der Waals surface area contributed by atoms with Crippen LogP contribution in [0.1, 0.15) is 31.6 Å². The summed E-state index contributed by atoms with van der Waals surface area (Å²) in [6.07, 6.45) is 3.93. The Balaban J connectivity index is 1.81. The van der Waals surface area contributed by atoms with Crippen LogP contribution in [0.15, 0.2) is 6.33 Å². The molecule has 0 spiro atoms. The third kappa shape index (κ3) is 2.41. The van der Waals surface area contributed by atoms with Gasteiger partial charge in [-0.2, -0.15) is 5.10 Å². The van der Waals surface area contributed by atoms with E-state index in [1.807, 2.05) is 6.92 Å². The molecule has 0 aliphatic heterocycles. The molecule has 0 bridgehead atoms. The fourth-order valence-corrected chi connectivity index (χ4v) is 1.49. The minimum Gasteiger partial charge on any atom is -0.360 e. The normalized spacial score (nSPS) is 17.5. The average Bonchev–Trinajstić information content (AvgIpc) is 2.80. The zero-order chi connectivity index (χ0) is 9.97. The van der Waals surface area contributed by atoms with Crippen LogP contribution in [0.25, 0.3) is 0 Å². The van der Waals surface area contributed by atoms with Crippen molar-refractivity contribution < 1.29 is 0 Å². The van der Waals surface area contributed by atoms with E-state index in [-0.39, 0.29) is 6.04 Å². The van der Waals surface area contributed by atoms with Crippen molar-refractivity contribution in [1.82, 2.24) is 25.8 Å². The Hall–Kier alpha value is -1.17. The van der Waals surface area contributed by atoms with E-state index in [1.54, 1.807) is 0 Å². The lowest BCUT2D eigenvalue weighted by Crippen LogP contribution is -2.38. The molecule has 1 atom stereocenters. The van der Waals surface area contributed by atoms with Gasteiger partial charge in [0.1, 0.15) is 12.2 Å². The first kappa shape index (κ1) is 9.39. The summed E-state index contributed by atoms with van der Waals surface area (Å²) in [5, 5.41) is 13.6. The van der Waals surface area contributed by atoms with Crippen LogP contribution in [0.5, 0.6) is 0 Å². The lowest BCUT2D eigenvalue weighted by molar-refractivity contribution is 0.654.